The molecule has 0 unspecified atom stereocenters. The summed E-state index contributed by atoms with van der Waals surface area (Å²) >= 11 is 0. The normalized spacial score (nSPS) is 12.0. The number of hydrogen-bond donors (Lipinski definition) is 0. The van der Waals surface area contributed by atoms with Crippen LogP contribution in [-0.2, 0) is 0 Å². The van der Waals surface area contributed by atoms with Gasteiger partial charge in [-0.2, -0.15) is 0 Å². The number of rotatable bonds is 7. The molecular weight excluding hydrogens is 939 g/mol. The van der Waals surface area contributed by atoms with Crippen LogP contribution in [0.1, 0.15) is 5.56 Å². The van der Waals surface area contributed by atoms with Crippen molar-refractivity contribution in [3.63, 3.8) is 0 Å². The predicted octanol–water partition coefficient (Wildman–Crippen LogP) is 17.6. The molecule has 0 saturated heterocycles. The van der Waals surface area contributed by atoms with Crippen molar-refractivity contribution in [3.05, 3.63) is 260 Å². The number of aryl methyl sites for hydroxylation is 1. The first-order valence-corrected chi connectivity index (χ1v) is 26.2. The number of para-hydroxylation sites is 6. The number of fused-ring (bicyclic) bond motifs is 14. The zero-order chi connectivity index (χ0) is 50.7. The summed E-state index contributed by atoms with van der Waals surface area (Å²) in [5.74, 6) is 1.84. The third kappa shape index (κ3) is 6.35. The SMILES string of the molecule is Cc1c(-c2nc(-c3ccccc3)nc(-c3ccccc3)n2)c2c(c3ccccc3n2-c2ccccc2)c2c1c1cc(-n3c4ccccc4c4c3ccc3c5ccccc5n(-c5ccccc5)c34)ccc1n2-c1ccccc1. The maximum Gasteiger partial charge on any atom is 0.166 e. The summed E-state index contributed by atoms with van der Waals surface area (Å²) in [6.45, 7) is 2.28. The molecule has 0 fully saturated rings. The lowest BCUT2D eigenvalue weighted by Crippen LogP contribution is -2.04. The summed E-state index contributed by atoms with van der Waals surface area (Å²) in [5.41, 5.74) is 17.2. The fraction of sp³-hybridized carbons (Fsp3) is 0.0143. The van der Waals surface area contributed by atoms with E-state index in [1.54, 1.807) is 0 Å². The van der Waals surface area contributed by atoms with Crippen LogP contribution in [0.15, 0.2) is 255 Å². The molecule has 0 spiro atoms. The zero-order valence-corrected chi connectivity index (χ0v) is 41.9. The Labute approximate surface area is 442 Å². The average Bonchev–Trinajstić information content (AvgIpc) is 4.44. The molecule has 7 heteroatoms. The van der Waals surface area contributed by atoms with Crippen LogP contribution in [0.2, 0.25) is 0 Å². The number of nitrogens with zero attached hydrogens (tertiary/aromatic N) is 7. The van der Waals surface area contributed by atoms with E-state index >= 15 is 0 Å². The fourth-order valence-corrected chi connectivity index (χ4v) is 12.6. The molecule has 360 valence electrons. The average molecular weight is 984 g/mol. The first-order chi connectivity index (χ1) is 38.2. The van der Waals surface area contributed by atoms with Gasteiger partial charge >= 0.3 is 0 Å². The molecule has 0 N–H and O–H groups in total. The Balaban J connectivity index is 1.08. The number of aromatic nitrogens is 7. The van der Waals surface area contributed by atoms with Gasteiger partial charge in [0.05, 0.1) is 44.1 Å². The Morgan fingerprint density at radius 1 is 0.260 bits per heavy atom. The monoisotopic (exact) mass is 983 g/mol. The molecule has 77 heavy (non-hydrogen) atoms. The lowest BCUT2D eigenvalue weighted by molar-refractivity contribution is 1.07. The molecule has 0 bridgehead atoms. The first kappa shape index (κ1) is 43.1. The molecule has 16 aromatic rings. The third-order valence-corrected chi connectivity index (χ3v) is 15.7. The Morgan fingerprint density at radius 3 is 1.25 bits per heavy atom. The molecule has 5 aromatic heterocycles. The van der Waals surface area contributed by atoms with E-state index in [0.717, 1.165) is 99.6 Å². The highest BCUT2D eigenvalue weighted by molar-refractivity contribution is 6.31. The van der Waals surface area contributed by atoms with Gasteiger partial charge in [-0.15, -0.1) is 0 Å². The highest BCUT2D eigenvalue weighted by atomic mass is 15.1. The van der Waals surface area contributed by atoms with Crippen LogP contribution in [0.25, 0.3) is 144 Å². The standard InChI is InChI=1S/C70H45N7/c1-44-61-55-43-50(74-57-37-21-18-34-53(57)63-60(74)42-40-52-51-33-17-20-36-56(51)75(65(52)63)47-27-11-4-12-28-47)39-41-59(55)77(49-31-15-6-16-32-49)66(61)64-54-35-19-22-38-58(54)76(48-29-13-5-14-30-48)67(64)62(44)70-72-68(45-23-7-2-8-24-45)71-69(73-70)46-25-9-3-10-26-46/h2-43H,1H3. The highest BCUT2D eigenvalue weighted by Gasteiger charge is 2.30. The van der Waals surface area contributed by atoms with Crippen molar-refractivity contribution in [2.24, 2.45) is 0 Å². The van der Waals surface area contributed by atoms with E-state index in [4.69, 9.17) is 15.0 Å². The van der Waals surface area contributed by atoms with E-state index in [0.29, 0.717) is 17.5 Å². The largest absolute Gasteiger partial charge is 0.309 e. The molecule has 0 atom stereocenters. The Bertz CT molecular complexity index is 4960. The summed E-state index contributed by atoms with van der Waals surface area (Å²) < 4.78 is 9.84. The number of benzene rings is 11. The molecule has 16 rings (SSSR count). The molecule has 7 nitrogen and oxygen atoms in total. The smallest absolute Gasteiger partial charge is 0.166 e. The Hall–Kier alpha value is -10.4. The van der Waals surface area contributed by atoms with E-state index in [2.05, 4.69) is 244 Å². The maximum absolute atomic E-state index is 5.51. The second-order valence-corrected chi connectivity index (χ2v) is 19.9. The minimum absolute atomic E-state index is 0.610. The summed E-state index contributed by atoms with van der Waals surface area (Å²) in [5, 5.41) is 9.41. The van der Waals surface area contributed by atoms with Crippen molar-refractivity contribution in [1.82, 2.24) is 33.2 Å². The van der Waals surface area contributed by atoms with Gasteiger partial charge in [-0.25, -0.2) is 15.0 Å². The van der Waals surface area contributed by atoms with Crippen molar-refractivity contribution < 1.29 is 0 Å². The highest BCUT2D eigenvalue weighted by Crippen LogP contribution is 2.50. The van der Waals surface area contributed by atoms with Gasteiger partial charge in [0, 0.05) is 82.5 Å². The summed E-state index contributed by atoms with van der Waals surface area (Å²) in [6, 6.07) is 91.2. The van der Waals surface area contributed by atoms with E-state index in [-0.39, 0.29) is 0 Å². The van der Waals surface area contributed by atoms with Crippen LogP contribution < -0.4 is 0 Å². The molecule has 0 amide bonds. The molecule has 11 aromatic carbocycles. The van der Waals surface area contributed by atoms with Gasteiger partial charge < -0.3 is 18.3 Å². The molecule has 0 aliphatic rings. The van der Waals surface area contributed by atoms with Crippen LogP contribution >= 0.6 is 0 Å². The van der Waals surface area contributed by atoms with Crippen molar-refractivity contribution >= 4 is 87.2 Å². The van der Waals surface area contributed by atoms with E-state index < -0.39 is 0 Å². The van der Waals surface area contributed by atoms with Crippen LogP contribution in [0, 0.1) is 6.92 Å². The van der Waals surface area contributed by atoms with Gasteiger partial charge in [0.2, 0.25) is 0 Å². The van der Waals surface area contributed by atoms with Gasteiger partial charge in [-0.05, 0) is 91.3 Å². The van der Waals surface area contributed by atoms with E-state index in [9.17, 15) is 0 Å². The topological polar surface area (TPSA) is 58.4 Å². The molecular formula is C70H45N7. The molecule has 0 radical (unpaired) electrons. The fourth-order valence-electron chi connectivity index (χ4n) is 12.6. The van der Waals surface area contributed by atoms with Gasteiger partial charge in [0.25, 0.3) is 0 Å². The van der Waals surface area contributed by atoms with E-state index in [1.165, 1.54) is 32.6 Å². The van der Waals surface area contributed by atoms with Crippen molar-refractivity contribution in [2.75, 3.05) is 0 Å². The third-order valence-electron chi connectivity index (χ3n) is 15.7. The lowest BCUT2D eigenvalue weighted by Gasteiger charge is -2.17. The summed E-state index contributed by atoms with van der Waals surface area (Å²) in [6.07, 6.45) is 0. The molecule has 5 heterocycles. The van der Waals surface area contributed by atoms with Gasteiger partial charge in [0.15, 0.2) is 17.5 Å². The molecule has 0 aliphatic heterocycles. The lowest BCUT2D eigenvalue weighted by atomic mass is 9.96. The van der Waals surface area contributed by atoms with Crippen molar-refractivity contribution in [2.45, 2.75) is 6.92 Å². The van der Waals surface area contributed by atoms with Crippen LogP contribution in [-0.4, -0.2) is 33.2 Å². The maximum atomic E-state index is 5.51. The van der Waals surface area contributed by atoms with Crippen LogP contribution in [0.4, 0.5) is 0 Å². The van der Waals surface area contributed by atoms with Gasteiger partial charge in [0.1, 0.15) is 0 Å². The molecule has 0 aliphatic carbocycles. The quantitative estimate of drug-likeness (QED) is 0.160. The van der Waals surface area contributed by atoms with Crippen LogP contribution in [0.5, 0.6) is 0 Å². The second kappa shape index (κ2) is 16.8. The minimum atomic E-state index is 0.610. The van der Waals surface area contributed by atoms with E-state index in [1.807, 2.05) is 36.4 Å². The molecule has 0 saturated carbocycles. The Morgan fingerprint density at radius 2 is 0.675 bits per heavy atom. The summed E-state index contributed by atoms with van der Waals surface area (Å²) in [7, 11) is 0. The van der Waals surface area contributed by atoms with Crippen molar-refractivity contribution in [3.8, 4) is 56.9 Å². The van der Waals surface area contributed by atoms with Gasteiger partial charge in [-0.1, -0.05) is 176 Å². The second-order valence-electron chi connectivity index (χ2n) is 19.9. The van der Waals surface area contributed by atoms with Gasteiger partial charge in [-0.3, -0.25) is 0 Å². The predicted molar refractivity (Wildman–Crippen MR) is 318 cm³/mol. The van der Waals surface area contributed by atoms with Crippen LogP contribution in [0.3, 0.4) is 0 Å². The summed E-state index contributed by atoms with van der Waals surface area (Å²) in [4.78, 5) is 16.2. The number of hydrogen-bond acceptors (Lipinski definition) is 3. The van der Waals surface area contributed by atoms with Crippen molar-refractivity contribution in [1.29, 1.82) is 0 Å². The minimum Gasteiger partial charge on any atom is -0.309 e. The Kier molecular flexibility index (Phi) is 9.41. The first-order valence-electron chi connectivity index (χ1n) is 26.2. The zero-order valence-electron chi connectivity index (χ0n) is 41.9.